The smallest absolute Gasteiger partial charge is 0.234 e. The first kappa shape index (κ1) is 25.8. The molecular formula is C25H32Br2N4O2. The third-order valence-corrected chi connectivity index (χ3v) is 6.86. The fraction of sp³-hybridized carbons (Fsp3) is 0.480. The number of hydrogen-bond donors (Lipinski definition) is 0. The normalized spacial score (nSPS) is 11.5. The maximum Gasteiger partial charge on any atom is 0.234 e. The Balaban J connectivity index is 1.86. The summed E-state index contributed by atoms with van der Waals surface area (Å²) in [5, 5.41) is 0. The van der Waals surface area contributed by atoms with Crippen LogP contribution in [0.3, 0.4) is 0 Å². The van der Waals surface area contributed by atoms with Crippen molar-refractivity contribution in [3.63, 3.8) is 0 Å². The number of carbonyl (C=O) groups excluding carboxylic acids is 1. The number of rotatable bonds is 12. The van der Waals surface area contributed by atoms with Crippen molar-refractivity contribution < 1.29 is 9.53 Å². The van der Waals surface area contributed by atoms with Gasteiger partial charge in [0.05, 0.1) is 21.2 Å². The van der Waals surface area contributed by atoms with E-state index in [4.69, 9.17) is 4.74 Å². The lowest BCUT2D eigenvalue weighted by molar-refractivity contribution is 0.103. The Morgan fingerprint density at radius 2 is 1.82 bits per heavy atom. The van der Waals surface area contributed by atoms with Gasteiger partial charge in [0.2, 0.25) is 11.6 Å². The van der Waals surface area contributed by atoms with Crippen LogP contribution in [0, 0.1) is 6.92 Å². The molecule has 1 aromatic carbocycles. The summed E-state index contributed by atoms with van der Waals surface area (Å²) in [5.41, 5.74) is 2.93. The van der Waals surface area contributed by atoms with Crippen LogP contribution in [0.1, 0.15) is 67.3 Å². The van der Waals surface area contributed by atoms with E-state index >= 15 is 0 Å². The van der Waals surface area contributed by atoms with Crippen molar-refractivity contribution >= 4 is 43.4 Å². The molecule has 2 heterocycles. The van der Waals surface area contributed by atoms with Crippen molar-refractivity contribution in [2.75, 3.05) is 26.2 Å². The molecule has 0 saturated carbocycles. The summed E-state index contributed by atoms with van der Waals surface area (Å²) < 4.78 is 9.36. The number of aryl methyl sites for hydroxylation is 2. The highest BCUT2D eigenvalue weighted by molar-refractivity contribution is 9.11. The van der Waals surface area contributed by atoms with Gasteiger partial charge in [-0.05, 0) is 88.8 Å². The first-order valence-electron chi connectivity index (χ1n) is 11.6. The van der Waals surface area contributed by atoms with Crippen molar-refractivity contribution in [1.29, 1.82) is 0 Å². The molecule has 0 bridgehead atoms. The summed E-state index contributed by atoms with van der Waals surface area (Å²) >= 11 is 7.21. The third-order valence-electron chi connectivity index (χ3n) is 5.68. The summed E-state index contributed by atoms with van der Waals surface area (Å²) in [6.45, 7) is 12.1. The highest BCUT2D eigenvalue weighted by atomic mass is 79.9. The molecule has 6 nitrogen and oxygen atoms in total. The van der Waals surface area contributed by atoms with Gasteiger partial charge in [0, 0.05) is 24.5 Å². The zero-order chi connectivity index (χ0) is 24.0. The first-order chi connectivity index (χ1) is 15.9. The molecule has 3 aromatic rings. The van der Waals surface area contributed by atoms with E-state index < -0.39 is 0 Å². The Morgan fingerprint density at radius 1 is 1.12 bits per heavy atom. The van der Waals surface area contributed by atoms with Crippen molar-refractivity contribution in [2.45, 2.75) is 53.4 Å². The quantitative estimate of drug-likeness (QED) is 0.187. The molecule has 0 aliphatic carbocycles. The molecule has 0 atom stereocenters. The minimum absolute atomic E-state index is 0.0736. The average molecular weight is 580 g/mol. The highest BCUT2D eigenvalue weighted by Crippen LogP contribution is 2.36. The van der Waals surface area contributed by atoms with Gasteiger partial charge in [-0.1, -0.05) is 27.2 Å². The Hall–Kier alpha value is -1.77. The molecule has 0 N–H and O–H groups in total. The van der Waals surface area contributed by atoms with Gasteiger partial charge < -0.3 is 9.64 Å². The van der Waals surface area contributed by atoms with E-state index in [0.29, 0.717) is 29.4 Å². The van der Waals surface area contributed by atoms with Gasteiger partial charge in [0.25, 0.3) is 0 Å². The monoisotopic (exact) mass is 578 g/mol. The number of benzene rings is 1. The summed E-state index contributed by atoms with van der Waals surface area (Å²) in [7, 11) is 0. The van der Waals surface area contributed by atoms with E-state index in [-0.39, 0.29) is 5.78 Å². The minimum atomic E-state index is -0.0736. The number of imidazole rings is 1. The van der Waals surface area contributed by atoms with Crippen LogP contribution in [0.15, 0.2) is 33.5 Å². The molecule has 3 rings (SSSR count). The highest BCUT2D eigenvalue weighted by Gasteiger charge is 2.23. The van der Waals surface area contributed by atoms with Crippen LogP contribution in [-0.4, -0.2) is 51.3 Å². The third kappa shape index (κ3) is 6.22. The maximum atomic E-state index is 13.7. The molecule has 0 unspecified atom stereocenters. The van der Waals surface area contributed by atoms with E-state index in [1.807, 2.05) is 29.7 Å². The predicted molar refractivity (Wildman–Crippen MR) is 140 cm³/mol. The molecule has 33 heavy (non-hydrogen) atoms. The minimum Gasteiger partial charge on any atom is -0.491 e. The Kier molecular flexibility index (Phi) is 9.47. The molecule has 0 amide bonds. The number of unbranched alkanes of at least 4 members (excludes halogenated alkanes) is 1. The topological polar surface area (TPSA) is 59.7 Å². The fourth-order valence-corrected chi connectivity index (χ4v) is 5.22. The van der Waals surface area contributed by atoms with Gasteiger partial charge in [0.15, 0.2) is 0 Å². The molecule has 2 aromatic heterocycles. The molecule has 8 heteroatoms. The van der Waals surface area contributed by atoms with Gasteiger partial charge >= 0.3 is 0 Å². The largest absolute Gasteiger partial charge is 0.491 e. The lowest BCUT2D eigenvalue weighted by Crippen LogP contribution is -2.25. The number of fused-ring (bicyclic) bond motifs is 1. The van der Waals surface area contributed by atoms with E-state index in [2.05, 4.69) is 67.5 Å². The van der Waals surface area contributed by atoms with Gasteiger partial charge in [-0.3, -0.25) is 9.20 Å². The first-order valence-corrected chi connectivity index (χ1v) is 13.2. The molecule has 178 valence electrons. The summed E-state index contributed by atoms with van der Waals surface area (Å²) in [6.07, 6.45) is 7.39. The SMILES string of the molecule is CCCCc1nc2ncc(C)cn2c1C(=O)c1cc(Br)c(OCCCN(CC)CC)c(Br)c1. The molecule has 0 spiro atoms. The zero-order valence-electron chi connectivity index (χ0n) is 19.8. The second kappa shape index (κ2) is 12.1. The van der Waals surface area contributed by atoms with Gasteiger partial charge in [-0.15, -0.1) is 0 Å². The summed E-state index contributed by atoms with van der Waals surface area (Å²) in [6, 6.07) is 3.66. The van der Waals surface area contributed by atoms with Gasteiger partial charge in [-0.2, -0.15) is 0 Å². The second-order valence-corrected chi connectivity index (χ2v) is 9.85. The van der Waals surface area contributed by atoms with Gasteiger partial charge in [-0.25, -0.2) is 9.97 Å². The van der Waals surface area contributed by atoms with E-state index in [1.165, 1.54) is 0 Å². The number of nitrogens with zero attached hydrogens (tertiary/aromatic N) is 4. The van der Waals surface area contributed by atoms with E-state index in [0.717, 1.165) is 65.5 Å². The van der Waals surface area contributed by atoms with E-state index in [9.17, 15) is 4.79 Å². The van der Waals surface area contributed by atoms with Crippen LogP contribution < -0.4 is 4.74 Å². The van der Waals surface area contributed by atoms with Crippen LogP contribution in [-0.2, 0) is 6.42 Å². The predicted octanol–water partition coefficient (Wildman–Crippen LogP) is 6.25. The molecular weight excluding hydrogens is 548 g/mol. The molecule has 0 fully saturated rings. The van der Waals surface area contributed by atoms with Gasteiger partial charge in [0.1, 0.15) is 11.4 Å². The van der Waals surface area contributed by atoms with Crippen LogP contribution in [0.25, 0.3) is 5.78 Å². The number of ether oxygens (including phenoxy) is 1. The average Bonchev–Trinajstić information content (AvgIpc) is 3.15. The van der Waals surface area contributed by atoms with Crippen molar-refractivity contribution in [3.8, 4) is 5.75 Å². The second-order valence-electron chi connectivity index (χ2n) is 8.14. The Bertz CT molecular complexity index is 1090. The molecule has 0 aliphatic rings. The maximum absolute atomic E-state index is 13.7. The lowest BCUT2D eigenvalue weighted by Gasteiger charge is -2.18. The molecule has 0 aliphatic heterocycles. The lowest BCUT2D eigenvalue weighted by atomic mass is 10.0. The number of carbonyl (C=O) groups is 1. The number of hydrogen-bond acceptors (Lipinski definition) is 5. The fourth-order valence-electron chi connectivity index (χ4n) is 3.80. The van der Waals surface area contributed by atoms with Crippen molar-refractivity contribution in [2.24, 2.45) is 0 Å². The van der Waals surface area contributed by atoms with Crippen LogP contribution in [0.4, 0.5) is 0 Å². The standard InChI is InChI=1S/C25H32Br2N4O2/c1-5-8-10-21-22(31-16-17(4)15-28-25(31)29-21)23(32)18-13-19(26)24(20(27)14-18)33-12-9-11-30(6-2)7-3/h13-16H,5-12H2,1-4H3. The Morgan fingerprint density at radius 3 is 2.45 bits per heavy atom. The Labute approximate surface area is 213 Å². The van der Waals surface area contributed by atoms with Crippen LogP contribution in [0.5, 0.6) is 5.75 Å². The van der Waals surface area contributed by atoms with E-state index in [1.54, 1.807) is 6.20 Å². The summed E-state index contributed by atoms with van der Waals surface area (Å²) in [5.74, 6) is 1.20. The van der Waals surface area contributed by atoms with Crippen LogP contribution in [0.2, 0.25) is 0 Å². The van der Waals surface area contributed by atoms with Crippen LogP contribution >= 0.6 is 31.9 Å². The number of aromatic nitrogens is 3. The molecule has 0 saturated heterocycles. The zero-order valence-corrected chi connectivity index (χ0v) is 23.0. The van der Waals surface area contributed by atoms with Crippen molar-refractivity contribution in [1.82, 2.24) is 19.3 Å². The van der Waals surface area contributed by atoms with Crippen molar-refractivity contribution in [3.05, 3.63) is 56.0 Å². The number of ketones is 1. The number of halogens is 2. The molecule has 0 radical (unpaired) electrons. The summed E-state index contributed by atoms with van der Waals surface area (Å²) in [4.78, 5) is 25.1.